The van der Waals surface area contributed by atoms with Crippen LogP contribution in [0.3, 0.4) is 0 Å². The van der Waals surface area contributed by atoms with Crippen molar-refractivity contribution < 1.29 is 9.59 Å². The van der Waals surface area contributed by atoms with Gasteiger partial charge >= 0.3 is 0 Å². The van der Waals surface area contributed by atoms with Crippen LogP contribution in [0.2, 0.25) is 0 Å². The monoisotopic (exact) mass is 585 g/mol. The van der Waals surface area contributed by atoms with E-state index in [0.717, 1.165) is 24.7 Å². The van der Waals surface area contributed by atoms with Crippen LogP contribution >= 0.6 is 0 Å². The Hall–Kier alpha value is -1.50. The quantitative estimate of drug-likeness (QED) is 0.0365. The van der Waals surface area contributed by atoms with Crippen LogP contribution in [0.1, 0.15) is 187 Å². The fraction of sp³-hybridized carbons (Fsp3) is 0.895. The Labute approximate surface area is 261 Å². The number of aliphatic imine (C=N–C) groups is 2. The molecule has 2 unspecified atom stereocenters. The van der Waals surface area contributed by atoms with Gasteiger partial charge < -0.3 is 0 Å². The van der Waals surface area contributed by atoms with Crippen molar-refractivity contribution in [3.05, 3.63) is 12.2 Å². The first-order chi connectivity index (χ1) is 20.7. The maximum atomic E-state index is 10.3. The minimum atomic E-state index is 0.397. The van der Waals surface area contributed by atoms with Crippen molar-refractivity contribution in [3.8, 4) is 0 Å². The Kier molecular flexibility index (Phi) is 25.9. The van der Waals surface area contributed by atoms with Gasteiger partial charge in [-0.2, -0.15) is 0 Å². The number of unbranched alkanes of at least 4 members (excludes halogenated alkanes) is 18. The summed E-state index contributed by atoms with van der Waals surface area (Å²) in [7, 11) is 0. The lowest BCUT2D eigenvalue weighted by Crippen LogP contribution is -2.37. The zero-order valence-corrected chi connectivity index (χ0v) is 28.0. The number of allylic oxidation sites excluding steroid dienone is 2. The molecule has 0 aromatic rings. The number of carbonyl (C=O) groups excluding carboxylic acids is 2. The molecule has 0 radical (unpaired) electrons. The van der Waals surface area contributed by atoms with E-state index in [0.29, 0.717) is 18.5 Å². The second kappa shape index (κ2) is 28.3. The molecule has 1 aliphatic rings. The predicted molar refractivity (Wildman–Crippen MR) is 181 cm³/mol. The Morgan fingerprint density at radius 2 is 1.00 bits per heavy atom. The summed E-state index contributed by atoms with van der Waals surface area (Å²) in [6.07, 6.45) is 44.4. The molecule has 242 valence electrons. The summed E-state index contributed by atoms with van der Waals surface area (Å²) in [5.41, 5.74) is 0.397. The van der Waals surface area contributed by atoms with E-state index in [4.69, 9.17) is 0 Å². The van der Waals surface area contributed by atoms with E-state index >= 15 is 0 Å². The van der Waals surface area contributed by atoms with Crippen LogP contribution in [-0.2, 0) is 9.59 Å². The smallest absolute Gasteiger partial charge is 0.211 e. The summed E-state index contributed by atoms with van der Waals surface area (Å²) in [5.74, 6) is 1.73. The first-order valence-corrected chi connectivity index (χ1v) is 18.5. The van der Waals surface area contributed by atoms with Gasteiger partial charge in [-0.1, -0.05) is 154 Å². The predicted octanol–water partition coefficient (Wildman–Crippen LogP) is 12.0. The highest BCUT2D eigenvalue weighted by Crippen LogP contribution is 2.51. The maximum Gasteiger partial charge on any atom is 0.234 e. The fourth-order valence-corrected chi connectivity index (χ4v) is 7.51. The second-order valence-corrected chi connectivity index (χ2v) is 13.3. The highest BCUT2D eigenvalue weighted by atomic mass is 16.1. The number of hydrogen-bond donors (Lipinski definition) is 0. The molecule has 0 fully saturated rings. The molecule has 2 atom stereocenters. The molecule has 0 saturated carbocycles. The molecule has 0 aromatic heterocycles. The fourth-order valence-electron chi connectivity index (χ4n) is 7.51. The molecule has 0 bridgehead atoms. The van der Waals surface area contributed by atoms with Gasteiger partial charge in [0.1, 0.15) is 0 Å². The van der Waals surface area contributed by atoms with Gasteiger partial charge in [0.05, 0.1) is 13.1 Å². The highest BCUT2D eigenvalue weighted by molar-refractivity contribution is 5.32. The van der Waals surface area contributed by atoms with Gasteiger partial charge in [0.15, 0.2) is 0 Å². The van der Waals surface area contributed by atoms with Crippen molar-refractivity contribution in [2.75, 3.05) is 13.1 Å². The molecule has 1 aliphatic carbocycles. The van der Waals surface area contributed by atoms with Gasteiger partial charge in [-0.25, -0.2) is 19.6 Å². The summed E-state index contributed by atoms with van der Waals surface area (Å²) >= 11 is 0. The van der Waals surface area contributed by atoms with Crippen molar-refractivity contribution >= 4 is 12.2 Å². The van der Waals surface area contributed by atoms with E-state index in [1.54, 1.807) is 12.2 Å². The largest absolute Gasteiger partial charge is 0.234 e. The standard InChI is InChI=1S/C38H68N2O2/c1-3-5-7-9-14-20-28-37-36(26-19-8-6-4-2)27-25-31-38(37,29-21-15-10-12-17-23-32-39-34-41)30-22-16-11-13-18-24-33-40-35-42/h25,31,36-37H,3-24,26-30,32-33H2,1-2H3. The molecule has 0 N–H and O–H groups in total. The number of nitrogens with zero attached hydrogens (tertiary/aromatic N) is 2. The van der Waals surface area contributed by atoms with E-state index in [-0.39, 0.29) is 0 Å². The maximum absolute atomic E-state index is 10.3. The van der Waals surface area contributed by atoms with Gasteiger partial charge in [-0.05, 0) is 62.2 Å². The Balaban J connectivity index is 2.80. The first kappa shape index (κ1) is 38.5. The lowest BCUT2D eigenvalue weighted by atomic mass is 9.58. The summed E-state index contributed by atoms with van der Waals surface area (Å²) in [6, 6.07) is 0. The van der Waals surface area contributed by atoms with Gasteiger partial charge in [0.25, 0.3) is 0 Å². The first-order valence-electron chi connectivity index (χ1n) is 18.5. The van der Waals surface area contributed by atoms with E-state index < -0.39 is 0 Å². The van der Waals surface area contributed by atoms with Crippen molar-refractivity contribution in [3.63, 3.8) is 0 Å². The molecule has 0 heterocycles. The second-order valence-electron chi connectivity index (χ2n) is 13.3. The van der Waals surface area contributed by atoms with E-state index in [9.17, 15) is 9.59 Å². The topological polar surface area (TPSA) is 58.9 Å². The summed E-state index contributed by atoms with van der Waals surface area (Å²) < 4.78 is 0. The van der Waals surface area contributed by atoms with Gasteiger partial charge in [-0.15, -0.1) is 0 Å². The molecule has 0 amide bonds. The third-order valence-corrected chi connectivity index (χ3v) is 9.95. The molecule has 0 aromatic carbocycles. The van der Waals surface area contributed by atoms with Crippen LogP contribution in [0, 0.1) is 17.3 Å². The SMILES string of the molecule is CCCCCCCCC1C(CCCCCC)CC=CC1(CCCCCCCCN=C=O)CCCCCCCCN=C=O. The highest BCUT2D eigenvalue weighted by Gasteiger charge is 2.41. The molecule has 0 aliphatic heterocycles. The molecule has 0 saturated heterocycles. The van der Waals surface area contributed by atoms with Gasteiger partial charge in [0, 0.05) is 0 Å². The third kappa shape index (κ3) is 18.9. The van der Waals surface area contributed by atoms with E-state index in [1.807, 2.05) is 0 Å². The number of rotatable bonds is 30. The van der Waals surface area contributed by atoms with Crippen molar-refractivity contribution in [2.45, 2.75) is 187 Å². The number of isocyanates is 2. The van der Waals surface area contributed by atoms with Crippen molar-refractivity contribution in [1.82, 2.24) is 0 Å². The summed E-state index contributed by atoms with van der Waals surface area (Å²) in [4.78, 5) is 28.0. The minimum Gasteiger partial charge on any atom is -0.211 e. The lowest BCUT2D eigenvalue weighted by molar-refractivity contribution is 0.0889. The van der Waals surface area contributed by atoms with E-state index in [2.05, 4.69) is 36.0 Å². The van der Waals surface area contributed by atoms with Crippen LogP contribution < -0.4 is 0 Å². The molecular weight excluding hydrogens is 516 g/mol. The van der Waals surface area contributed by atoms with Gasteiger partial charge in [-0.3, -0.25) is 0 Å². The molecular formula is C38H68N2O2. The van der Waals surface area contributed by atoms with Crippen LogP contribution in [0.5, 0.6) is 0 Å². The average molecular weight is 585 g/mol. The lowest BCUT2D eigenvalue weighted by Gasteiger charge is -2.46. The molecule has 1 rings (SSSR count). The van der Waals surface area contributed by atoms with Crippen LogP contribution in [-0.4, -0.2) is 25.2 Å². The normalized spacial score (nSPS) is 19.9. The van der Waals surface area contributed by atoms with E-state index in [1.165, 1.54) is 161 Å². The molecule has 4 nitrogen and oxygen atoms in total. The van der Waals surface area contributed by atoms with Crippen molar-refractivity contribution in [1.29, 1.82) is 0 Å². The summed E-state index contributed by atoms with van der Waals surface area (Å²) in [6.45, 7) is 5.93. The molecule has 42 heavy (non-hydrogen) atoms. The zero-order valence-electron chi connectivity index (χ0n) is 28.0. The minimum absolute atomic E-state index is 0.397. The number of hydrogen-bond acceptors (Lipinski definition) is 4. The zero-order chi connectivity index (χ0) is 30.4. The van der Waals surface area contributed by atoms with Crippen molar-refractivity contribution in [2.24, 2.45) is 27.2 Å². The third-order valence-electron chi connectivity index (χ3n) is 9.95. The van der Waals surface area contributed by atoms with Gasteiger partial charge in [0.2, 0.25) is 12.2 Å². The Morgan fingerprint density at radius 3 is 1.52 bits per heavy atom. The van der Waals surface area contributed by atoms with Crippen LogP contribution in [0.15, 0.2) is 22.1 Å². The Morgan fingerprint density at radius 1 is 0.571 bits per heavy atom. The Bertz CT molecular complexity index is 701. The van der Waals surface area contributed by atoms with Crippen LogP contribution in [0.25, 0.3) is 0 Å². The molecule has 0 spiro atoms. The average Bonchev–Trinajstić information content (AvgIpc) is 3.00. The molecule has 4 heteroatoms. The summed E-state index contributed by atoms with van der Waals surface area (Å²) in [5, 5.41) is 0. The van der Waals surface area contributed by atoms with Crippen LogP contribution in [0.4, 0.5) is 0 Å².